The Morgan fingerprint density at radius 3 is 2.11 bits per heavy atom. The molecule has 0 aliphatic heterocycles. The molecule has 1 aliphatic rings. The molecule has 196 valence electrons. The van der Waals surface area contributed by atoms with Gasteiger partial charge in [-0.2, -0.15) is 13.5 Å². The third kappa shape index (κ3) is 6.99. The van der Waals surface area contributed by atoms with Crippen LogP contribution >= 0.6 is 0 Å². The van der Waals surface area contributed by atoms with Gasteiger partial charge in [0.2, 0.25) is 0 Å². The minimum absolute atomic E-state index is 0.316. The second kappa shape index (κ2) is 12.4. The maximum Gasteiger partial charge on any atom is 0.277 e. The van der Waals surface area contributed by atoms with Gasteiger partial charge >= 0.3 is 0 Å². The van der Waals surface area contributed by atoms with Crippen molar-refractivity contribution in [2.24, 2.45) is 11.0 Å². The Bertz CT molecular complexity index is 1230. The van der Waals surface area contributed by atoms with E-state index in [0.717, 1.165) is 53.7 Å². The van der Waals surface area contributed by atoms with Gasteiger partial charge in [-0.15, -0.1) is 0 Å². The number of unbranched alkanes of at least 4 members (excludes halogenated alkanes) is 1. The molecule has 0 saturated heterocycles. The average Bonchev–Trinajstić information content (AvgIpc) is 3.31. The highest BCUT2D eigenvalue weighted by Crippen LogP contribution is 2.32. The quantitative estimate of drug-likeness (QED) is 0.171. The van der Waals surface area contributed by atoms with Gasteiger partial charge < -0.3 is 0 Å². The van der Waals surface area contributed by atoms with Crippen molar-refractivity contribution < 1.29 is 8.42 Å². The first kappa shape index (κ1) is 26.9. The van der Waals surface area contributed by atoms with E-state index < -0.39 is 10.0 Å². The van der Waals surface area contributed by atoms with Gasteiger partial charge in [-0.05, 0) is 94.2 Å². The third-order valence-corrected chi connectivity index (χ3v) is 8.56. The predicted molar refractivity (Wildman–Crippen MR) is 153 cm³/mol. The number of hydrogen-bond acceptors (Lipinski definition) is 5. The van der Waals surface area contributed by atoms with Crippen LogP contribution in [0.4, 0.5) is 11.4 Å². The summed E-state index contributed by atoms with van der Waals surface area (Å²) in [6.07, 6.45) is 8.02. The SMILES string of the molecule is Cc1cc(C)c(S(=O)(=O)N/N=C/CCC[C@@H]2CCC[C@H]2NN(c2ccccc2)c2ccccc2)c(C)c1. The fourth-order valence-electron chi connectivity index (χ4n) is 5.45. The Balaban J connectivity index is 1.31. The number of rotatable bonds is 11. The smallest absolute Gasteiger partial charge is 0.277 e. The normalized spacial score (nSPS) is 17.8. The Labute approximate surface area is 221 Å². The van der Waals surface area contributed by atoms with E-state index in [0.29, 0.717) is 16.9 Å². The van der Waals surface area contributed by atoms with Crippen LogP contribution in [0.15, 0.2) is 82.8 Å². The standard InChI is InChI=1S/C30H38N4O2S/c1-23-21-24(2)30(25(3)22-23)37(35,36)33-31-20-11-10-13-26-14-12-19-29(26)32-34(27-15-6-4-7-16-27)28-17-8-5-9-18-28/h4-9,15-18,20-22,26,29,32-33H,10-14,19H2,1-3H3/b31-20+/t26-,29-/m1/s1. The molecule has 4 rings (SSSR count). The van der Waals surface area contributed by atoms with Crippen LogP contribution in [0.5, 0.6) is 0 Å². The zero-order chi connectivity index (χ0) is 26.3. The molecule has 0 bridgehead atoms. The number of aryl methyl sites for hydroxylation is 3. The van der Waals surface area contributed by atoms with Crippen LogP contribution in [0.3, 0.4) is 0 Å². The van der Waals surface area contributed by atoms with Gasteiger partial charge in [0.05, 0.1) is 16.3 Å². The van der Waals surface area contributed by atoms with Gasteiger partial charge in [0.25, 0.3) is 10.0 Å². The second-order valence-electron chi connectivity index (χ2n) is 10.00. The monoisotopic (exact) mass is 518 g/mol. The van der Waals surface area contributed by atoms with Gasteiger partial charge in [0.15, 0.2) is 0 Å². The number of sulfonamides is 1. The lowest BCUT2D eigenvalue weighted by molar-refractivity contribution is 0.376. The summed E-state index contributed by atoms with van der Waals surface area (Å²) in [5, 5.41) is 6.25. The predicted octanol–water partition coefficient (Wildman–Crippen LogP) is 6.56. The number of nitrogens with zero attached hydrogens (tertiary/aromatic N) is 2. The van der Waals surface area contributed by atoms with Crippen LogP contribution in [0, 0.1) is 26.7 Å². The van der Waals surface area contributed by atoms with Crippen molar-refractivity contribution in [3.8, 4) is 0 Å². The summed E-state index contributed by atoms with van der Waals surface area (Å²) in [5.41, 5.74) is 8.58. The van der Waals surface area contributed by atoms with E-state index in [1.165, 1.54) is 12.8 Å². The highest BCUT2D eigenvalue weighted by Gasteiger charge is 2.28. The molecule has 0 aromatic heterocycles. The van der Waals surface area contributed by atoms with Crippen LogP contribution in [-0.4, -0.2) is 20.7 Å². The Morgan fingerprint density at radius 1 is 0.919 bits per heavy atom. The molecule has 1 fully saturated rings. The third-order valence-electron chi connectivity index (χ3n) is 7.03. The summed E-state index contributed by atoms with van der Waals surface area (Å²) in [5.74, 6) is 0.567. The summed E-state index contributed by atoms with van der Waals surface area (Å²) in [6.45, 7) is 5.61. The van der Waals surface area contributed by atoms with Gasteiger partial charge in [-0.1, -0.05) is 60.5 Å². The van der Waals surface area contributed by atoms with Crippen LogP contribution < -0.4 is 15.3 Å². The first-order valence-electron chi connectivity index (χ1n) is 13.1. The molecule has 2 N–H and O–H groups in total. The lowest BCUT2D eigenvalue weighted by Gasteiger charge is -2.32. The van der Waals surface area contributed by atoms with E-state index in [1.54, 1.807) is 6.21 Å². The van der Waals surface area contributed by atoms with Crippen molar-refractivity contribution in [1.29, 1.82) is 0 Å². The van der Waals surface area contributed by atoms with E-state index in [9.17, 15) is 8.42 Å². The fraction of sp³-hybridized carbons (Fsp3) is 0.367. The number of hydrazine groups is 1. The molecule has 0 amide bonds. The Morgan fingerprint density at radius 2 is 1.51 bits per heavy atom. The fourth-order valence-corrected chi connectivity index (χ4v) is 6.72. The molecule has 0 heterocycles. The molecule has 1 saturated carbocycles. The molecule has 2 atom stereocenters. The van der Waals surface area contributed by atoms with Crippen molar-refractivity contribution in [3.63, 3.8) is 0 Å². The van der Waals surface area contributed by atoms with E-state index in [1.807, 2.05) is 45.0 Å². The van der Waals surface area contributed by atoms with Crippen LogP contribution in [0.2, 0.25) is 0 Å². The maximum absolute atomic E-state index is 12.8. The minimum atomic E-state index is -3.68. The lowest BCUT2D eigenvalue weighted by Crippen LogP contribution is -2.43. The molecular weight excluding hydrogens is 480 g/mol. The number of anilines is 2. The van der Waals surface area contributed by atoms with Crippen molar-refractivity contribution >= 4 is 27.6 Å². The lowest BCUT2D eigenvalue weighted by atomic mass is 9.97. The Kier molecular flexibility index (Phi) is 9.00. The summed E-state index contributed by atoms with van der Waals surface area (Å²) in [6, 6.07) is 25.0. The number of hydrogen-bond donors (Lipinski definition) is 2. The number of hydrazone groups is 1. The first-order valence-corrected chi connectivity index (χ1v) is 14.6. The summed E-state index contributed by atoms with van der Waals surface area (Å²) >= 11 is 0. The van der Waals surface area contributed by atoms with E-state index in [4.69, 9.17) is 0 Å². The average molecular weight is 519 g/mol. The zero-order valence-electron chi connectivity index (χ0n) is 22.0. The van der Waals surface area contributed by atoms with Crippen LogP contribution in [-0.2, 0) is 10.0 Å². The highest BCUT2D eigenvalue weighted by atomic mass is 32.2. The van der Waals surface area contributed by atoms with Gasteiger partial charge in [-0.25, -0.2) is 10.3 Å². The first-order chi connectivity index (χ1) is 17.8. The van der Waals surface area contributed by atoms with Crippen LogP contribution in [0.1, 0.15) is 55.2 Å². The molecule has 3 aromatic rings. The van der Waals surface area contributed by atoms with Crippen LogP contribution in [0.25, 0.3) is 0 Å². The summed E-state index contributed by atoms with van der Waals surface area (Å²) < 4.78 is 25.5. The molecule has 0 radical (unpaired) electrons. The zero-order valence-corrected chi connectivity index (χ0v) is 22.8. The minimum Gasteiger partial charge on any atom is -0.277 e. The molecular formula is C30H38N4O2S. The summed E-state index contributed by atoms with van der Waals surface area (Å²) in [7, 11) is -3.68. The van der Waals surface area contributed by atoms with Crippen molar-refractivity contribution in [3.05, 3.63) is 89.5 Å². The molecule has 7 heteroatoms. The van der Waals surface area contributed by atoms with Crippen molar-refractivity contribution in [2.75, 3.05) is 5.01 Å². The van der Waals surface area contributed by atoms with Crippen molar-refractivity contribution in [2.45, 2.75) is 70.2 Å². The topological polar surface area (TPSA) is 73.8 Å². The van der Waals surface area contributed by atoms with Gasteiger partial charge in [0, 0.05) is 12.3 Å². The summed E-state index contributed by atoms with van der Waals surface area (Å²) in [4.78, 5) is 2.71. The van der Waals surface area contributed by atoms with Gasteiger partial charge in [0.1, 0.15) is 0 Å². The van der Waals surface area contributed by atoms with E-state index in [-0.39, 0.29) is 0 Å². The number of para-hydroxylation sites is 2. The number of benzene rings is 3. The highest BCUT2D eigenvalue weighted by molar-refractivity contribution is 7.89. The molecule has 0 unspecified atom stereocenters. The molecule has 6 nitrogen and oxygen atoms in total. The molecule has 0 spiro atoms. The van der Waals surface area contributed by atoms with E-state index >= 15 is 0 Å². The number of nitrogens with one attached hydrogen (secondary N) is 2. The maximum atomic E-state index is 12.8. The molecule has 1 aliphatic carbocycles. The van der Waals surface area contributed by atoms with E-state index in [2.05, 4.69) is 68.9 Å². The van der Waals surface area contributed by atoms with Gasteiger partial charge in [-0.3, -0.25) is 5.01 Å². The largest absolute Gasteiger partial charge is 0.277 e. The Hall–Kier alpha value is -3.16. The second-order valence-corrected chi connectivity index (χ2v) is 11.6. The van der Waals surface area contributed by atoms with Crippen molar-refractivity contribution in [1.82, 2.24) is 10.3 Å². The molecule has 3 aromatic carbocycles. The molecule has 37 heavy (non-hydrogen) atoms.